The van der Waals surface area contributed by atoms with Gasteiger partial charge < -0.3 is 14.5 Å². The van der Waals surface area contributed by atoms with Crippen LogP contribution in [-0.2, 0) is 10.2 Å². The van der Waals surface area contributed by atoms with Gasteiger partial charge in [0.15, 0.2) is 0 Å². The van der Waals surface area contributed by atoms with Crippen LogP contribution in [0.3, 0.4) is 0 Å². The molecule has 1 fully saturated rings. The number of nitrogens with zero attached hydrogens (tertiary/aromatic N) is 3. The lowest BCUT2D eigenvalue weighted by atomic mass is 9.75. The van der Waals surface area contributed by atoms with Crippen molar-refractivity contribution in [3.63, 3.8) is 0 Å². The van der Waals surface area contributed by atoms with Crippen LogP contribution >= 0.6 is 11.8 Å². The van der Waals surface area contributed by atoms with Gasteiger partial charge in [0.2, 0.25) is 0 Å². The first-order valence-electron chi connectivity index (χ1n) is 9.35. The Morgan fingerprint density at radius 2 is 1.93 bits per heavy atom. The standard InChI is InChI=1S/C22H23N3O2S/c1-17-23-11-12-25(17)19-5-7-20(8-6-19)28-21-4-2-3-18(15-21)22(16-24-26)9-13-27-14-10-22/h2-8,11-12,15-16,26H,9-10,13-14H2,1H3. The second-order valence-corrected chi connectivity index (χ2v) is 8.13. The molecule has 0 atom stereocenters. The number of rotatable bonds is 5. The van der Waals surface area contributed by atoms with Crippen molar-refractivity contribution < 1.29 is 9.94 Å². The molecule has 2 heterocycles. The number of aryl methyl sites for hydroxylation is 1. The predicted molar refractivity (Wildman–Crippen MR) is 111 cm³/mol. The van der Waals surface area contributed by atoms with Crippen molar-refractivity contribution in [3.05, 3.63) is 72.3 Å². The summed E-state index contributed by atoms with van der Waals surface area (Å²) in [6.45, 7) is 3.35. The number of hydrogen-bond acceptors (Lipinski definition) is 5. The van der Waals surface area contributed by atoms with E-state index in [9.17, 15) is 5.21 Å². The number of imidazole rings is 1. The molecule has 5 nitrogen and oxygen atoms in total. The third-order valence-corrected chi connectivity index (χ3v) is 6.27. The lowest BCUT2D eigenvalue weighted by Crippen LogP contribution is -2.35. The fraction of sp³-hybridized carbons (Fsp3) is 0.273. The van der Waals surface area contributed by atoms with Crippen molar-refractivity contribution in [3.8, 4) is 5.69 Å². The van der Waals surface area contributed by atoms with Gasteiger partial charge >= 0.3 is 0 Å². The van der Waals surface area contributed by atoms with Crippen LogP contribution < -0.4 is 0 Å². The molecule has 0 saturated carbocycles. The third-order valence-electron chi connectivity index (χ3n) is 5.28. The molecule has 1 saturated heterocycles. The fourth-order valence-electron chi connectivity index (χ4n) is 3.67. The van der Waals surface area contributed by atoms with Gasteiger partial charge in [-0.25, -0.2) is 4.98 Å². The van der Waals surface area contributed by atoms with Gasteiger partial charge in [-0.3, -0.25) is 0 Å². The molecule has 1 aliphatic rings. The molecule has 0 radical (unpaired) electrons. The Bertz CT molecular complexity index is 960. The van der Waals surface area contributed by atoms with E-state index in [1.165, 1.54) is 15.4 Å². The molecule has 144 valence electrons. The van der Waals surface area contributed by atoms with Gasteiger partial charge in [-0.15, -0.1) is 5.16 Å². The molecule has 0 aliphatic carbocycles. The summed E-state index contributed by atoms with van der Waals surface area (Å²) >= 11 is 1.73. The van der Waals surface area contributed by atoms with Crippen molar-refractivity contribution in [2.24, 2.45) is 5.16 Å². The van der Waals surface area contributed by atoms with Gasteiger partial charge in [-0.2, -0.15) is 0 Å². The van der Waals surface area contributed by atoms with Crippen LogP contribution in [0, 0.1) is 6.92 Å². The highest BCUT2D eigenvalue weighted by molar-refractivity contribution is 7.99. The summed E-state index contributed by atoms with van der Waals surface area (Å²) in [6.07, 6.45) is 7.10. The van der Waals surface area contributed by atoms with Gasteiger partial charge in [0.05, 0.1) is 6.21 Å². The van der Waals surface area contributed by atoms with Gasteiger partial charge in [-0.05, 0) is 61.7 Å². The van der Waals surface area contributed by atoms with Gasteiger partial charge in [0, 0.05) is 46.5 Å². The van der Waals surface area contributed by atoms with Crippen molar-refractivity contribution in [2.75, 3.05) is 13.2 Å². The first kappa shape index (κ1) is 18.8. The molecule has 6 heteroatoms. The molecule has 1 aromatic heterocycles. The average molecular weight is 394 g/mol. The Morgan fingerprint density at radius 3 is 2.61 bits per heavy atom. The molecule has 28 heavy (non-hydrogen) atoms. The quantitative estimate of drug-likeness (QED) is 0.383. The Hall–Kier alpha value is -2.57. The smallest absolute Gasteiger partial charge is 0.110 e. The number of benzene rings is 2. The lowest BCUT2D eigenvalue weighted by Gasteiger charge is -2.34. The molecule has 3 aromatic rings. The van der Waals surface area contributed by atoms with E-state index in [-0.39, 0.29) is 5.41 Å². The highest BCUT2D eigenvalue weighted by Gasteiger charge is 2.33. The van der Waals surface area contributed by atoms with E-state index >= 15 is 0 Å². The normalized spacial score (nSPS) is 16.5. The highest BCUT2D eigenvalue weighted by Crippen LogP contribution is 2.36. The first-order chi connectivity index (χ1) is 13.7. The van der Waals surface area contributed by atoms with Crippen molar-refractivity contribution in [1.82, 2.24) is 9.55 Å². The SMILES string of the molecule is Cc1nccn1-c1ccc(Sc2cccc(C3(C=NO)CCOCC3)c2)cc1. The summed E-state index contributed by atoms with van der Waals surface area (Å²) in [5.41, 5.74) is 2.02. The van der Waals surface area contributed by atoms with Crippen molar-refractivity contribution >= 4 is 18.0 Å². The number of ether oxygens (including phenoxy) is 1. The van der Waals surface area contributed by atoms with Gasteiger partial charge in [0.1, 0.15) is 5.82 Å². The van der Waals surface area contributed by atoms with Crippen molar-refractivity contribution in [1.29, 1.82) is 0 Å². The lowest BCUT2D eigenvalue weighted by molar-refractivity contribution is 0.0713. The monoisotopic (exact) mass is 393 g/mol. The van der Waals surface area contributed by atoms with Crippen LogP contribution in [0.25, 0.3) is 5.69 Å². The fourth-order valence-corrected chi connectivity index (χ4v) is 4.55. The number of hydrogen-bond donors (Lipinski definition) is 1. The van der Waals surface area contributed by atoms with E-state index in [1.807, 2.05) is 19.3 Å². The largest absolute Gasteiger partial charge is 0.411 e. The van der Waals surface area contributed by atoms with Crippen LogP contribution in [-0.4, -0.2) is 34.2 Å². The van der Waals surface area contributed by atoms with E-state index < -0.39 is 0 Å². The minimum atomic E-state index is -0.258. The van der Waals surface area contributed by atoms with Gasteiger partial charge in [-0.1, -0.05) is 23.9 Å². The van der Waals surface area contributed by atoms with Gasteiger partial charge in [0.25, 0.3) is 0 Å². The second kappa shape index (κ2) is 8.20. The third kappa shape index (κ3) is 3.84. The molecular formula is C22H23N3O2S. The molecule has 1 N–H and O–H groups in total. The Balaban J connectivity index is 1.56. The molecule has 0 bridgehead atoms. The topological polar surface area (TPSA) is 59.6 Å². The second-order valence-electron chi connectivity index (χ2n) is 6.98. The Kier molecular flexibility index (Phi) is 5.50. The van der Waals surface area contributed by atoms with E-state index in [2.05, 4.69) is 63.2 Å². The van der Waals surface area contributed by atoms with Crippen LogP contribution in [0.1, 0.15) is 24.2 Å². The van der Waals surface area contributed by atoms with Crippen LogP contribution in [0.4, 0.5) is 0 Å². The maximum absolute atomic E-state index is 9.19. The number of aromatic nitrogens is 2. The van der Waals surface area contributed by atoms with Crippen LogP contribution in [0.15, 0.2) is 75.9 Å². The van der Waals surface area contributed by atoms with E-state index in [1.54, 1.807) is 18.0 Å². The summed E-state index contributed by atoms with van der Waals surface area (Å²) in [6, 6.07) is 17.0. The molecule has 4 rings (SSSR count). The van der Waals surface area contributed by atoms with Crippen molar-refractivity contribution in [2.45, 2.75) is 35.0 Å². The average Bonchev–Trinajstić information content (AvgIpc) is 3.16. The minimum Gasteiger partial charge on any atom is -0.411 e. The maximum Gasteiger partial charge on any atom is 0.110 e. The summed E-state index contributed by atoms with van der Waals surface area (Å²) in [4.78, 5) is 6.62. The summed E-state index contributed by atoms with van der Waals surface area (Å²) in [7, 11) is 0. The summed E-state index contributed by atoms with van der Waals surface area (Å²) < 4.78 is 7.58. The minimum absolute atomic E-state index is 0.258. The van der Waals surface area contributed by atoms with Crippen LogP contribution in [0.5, 0.6) is 0 Å². The highest BCUT2D eigenvalue weighted by atomic mass is 32.2. The van der Waals surface area contributed by atoms with Crippen LogP contribution in [0.2, 0.25) is 0 Å². The summed E-state index contributed by atoms with van der Waals surface area (Å²) in [5, 5.41) is 12.6. The molecule has 2 aromatic carbocycles. The number of oxime groups is 1. The van der Waals surface area contributed by atoms with E-state index in [4.69, 9.17) is 4.74 Å². The zero-order chi connectivity index (χ0) is 19.4. The zero-order valence-electron chi connectivity index (χ0n) is 15.8. The zero-order valence-corrected chi connectivity index (χ0v) is 16.6. The van der Waals surface area contributed by atoms with E-state index in [0.717, 1.165) is 24.4 Å². The van der Waals surface area contributed by atoms with E-state index in [0.29, 0.717) is 13.2 Å². The Morgan fingerprint density at radius 1 is 1.14 bits per heavy atom. The molecule has 0 unspecified atom stereocenters. The molecule has 0 spiro atoms. The summed E-state index contributed by atoms with van der Waals surface area (Å²) in [5.74, 6) is 0.973. The molecule has 1 aliphatic heterocycles. The molecule has 0 amide bonds. The predicted octanol–water partition coefficient (Wildman–Crippen LogP) is 4.84. The Labute approximate surface area is 169 Å². The molecular weight excluding hydrogens is 370 g/mol. The maximum atomic E-state index is 9.19. The first-order valence-corrected chi connectivity index (χ1v) is 10.2.